The molecule has 0 saturated heterocycles. The van der Waals surface area contributed by atoms with E-state index in [0.717, 1.165) is 12.1 Å². The number of carbonyl (C=O) groups is 1. The summed E-state index contributed by atoms with van der Waals surface area (Å²) in [6.45, 7) is 0. The third-order valence-electron chi connectivity index (χ3n) is 2.51. The van der Waals surface area contributed by atoms with E-state index in [1.165, 1.54) is 19.2 Å². The number of anilines is 1. The van der Waals surface area contributed by atoms with Gasteiger partial charge in [-0.3, -0.25) is 5.32 Å². The summed E-state index contributed by atoms with van der Waals surface area (Å²) in [5.74, 6) is -1.08. The molecule has 0 aromatic heterocycles. The Morgan fingerprint density at radius 2 is 1.95 bits per heavy atom. The molecule has 0 aliphatic heterocycles. The van der Waals surface area contributed by atoms with E-state index in [-0.39, 0.29) is 16.5 Å². The van der Waals surface area contributed by atoms with Crippen molar-refractivity contribution in [2.75, 3.05) is 12.4 Å². The maximum Gasteiger partial charge on any atom is 0.417 e. The summed E-state index contributed by atoms with van der Waals surface area (Å²) in [6.07, 6.45) is -0.951. The van der Waals surface area contributed by atoms with Crippen molar-refractivity contribution < 1.29 is 23.0 Å². The molecule has 0 unspecified atom stereocenters. The van der Waals surface area contributed by atoms with Crippen LogP contribution < -0.4 is 14.8 Å². The van der Waals surface area contributed by atoms with E-state index in [1.807, 2.05) is 0 Å². The SMILES string of the molecule is COc1ccc(OC(=O)Nc2ccc(F)cc2F)c(Cl)c1. The quantitative estimate of drug-likeness (QED) is 0.922. The van der Waals surface area contributed by atoms with Gasteiger partial charge in [-0.05, 0) is 24.3 Å². The zero-order valence-corrected chi connectivity index (χ0v) is 11.6. The first-order chi connectivity index (χ1) is 9.99. The molecule has 1 amide bonds. The molecule has 1 N–H and O–H groups in total. The van der Waals surface area contributed by atoms with E-state index in [2.05, 4.69) is 5.32 Å². The van der Waals surface area contributed by atoms with E-state index in [4.69, 9.17) is 21.1 Å². The van der Waals surface area contributed by atoms with Crippen LogP contribution in [0.3, 0.4) is 0 Å². The number of rotatable bonds is 3. The minimum absolute atomic E-state index is 0.0810. The molecular weight excluding hydrogens is 304 g/mol. The van der Waals surface area contributed by atoms with Crippen molar-refractivity contribution in [2.45, 2.75) is 0 Å². The minimum atomic E-state index is -0.951. The Bertz CT molecular complexity index is 679. The van der Waals surface area contributed by atoms with Gasteiger partial charge in [-0.2, -0.15) is 0 Å². The van der Waals surface area contributed by atoms with Crippen LogP contribution in [0.5, 0.6) is 11.5 Å². The Kier molecular flexibility index (Phi) is 4.59. The van der Waals surface area contributed by atoms with E-state index in [0.29, 0.717) is 11.8 Å². The highest BCUT2D eigenvalue weighted by molar-refractivity contribution is 6.32. The summed E-state index contributed by atoms with van der Waals surface area (Å²) >= 11 is 5.90. The molecule has 0 aliphatic rings. The number of amides is 1. The number of nitrogens with one attached hydrogen (secondary N) is 1. The molecule has 0 radical (unpaired) electrons. The highest BCUT2D eigenvalue weighted by Gasteiger charge is 2.12. The molecular formula is C14H10ClF2NO3. The lowest BCUT2D eigenvalue weighted by Gasteiger charge is -2.09. The Morgan fingerprint density at radius 1 is 1.19 bits per heavy atom. The maximum absolute atomic E-state index is 13.4. The van der Waals surface area contributed by atoms with Gasteiger partial charge in [0.25, 0.3) is 0 Å². The summed E-state index contributed by atoms with van der Waals surface area (Å²) in [7, 11) is 1.47. The average molecular weight is 314 g/mol. The van der Waals surface area contributed by atoms with Crippen LogP contribution in [0, 0.1) is 11.6 Å². The lowest BCUT2D eigenvalue weighted by molar-refractivity contribution is 0.215. The first-order valence-electron chi connectivity index (χ1n) is 5.77. The molecule has 4 nitrogen and oxygen atoms in total. The zero-order valence-electron chi connectivity index (χ0n) is 10.8. The predicted octanol–water partition coefficient (Wildman–Crippen LogP) is 4.24. The van der Waals surface area contributed by atoms with Crippen LogP contribution in [0.1, 0.15) is 0 Å². The number of ether oxygens (including phenoxy) is 2. The van der Waals surface area contributed by atoms with Gasteiger partial charge in [-0.25, -0.2) is 13.6 Å². The van der Waals surface area contributed by atoms with Crippen LogP contribution in [0.4, 0.5) is 19.3 Å². The largest absolute Gasteiger partial charge is 0.497 e. The smallest absolute Gasteiger partial charge is 0.417 e. The van der Waals surface area contributed by atoms with Gasteiger partial charge >= 0.3 is 6.09 Å². The average Bonchev–Trinajstić information content (AvgIpc) is 2.44. The normalized spacial score (nSPS) is 10.1. The van der Waals surface area contributed by atoms with Crippen molar-refractivity contribution in [3.8, 4) is 11.5 Å². The molecule has 7 heteroatoms. The van der Waals surface area contributed by atoms with Crippen molar-refractivity contribution in [1.82, 2.24) is 0 Å². The van der Waals surface area contributed by atoms with E-state index < -0.39 is 17.7 Å². The van der Waals surface area contributed by atoms with Crippen LogP contribution in [-0.2, 0) is 0 Å². The molecule has 0 saturated carbocycles. The van der Waals surface area contributed by atoms with Crippen molar-refractivity contribution in [2.24, 2.45) is 0 Å². The molecule has 0 aliphatic carbocycles. The third kappa shape index (κ3) is 3.82. The standard InChI is InChI=1S/C14H10ClF2NO3/c1-20-9-3-5-13(10(15)7-9)21-14(19)18-12-4-2-8(16)6-11(12)17/h2-7H,1H3,(H,18,19). The molecule has 2 rings (SSSR count). The van der Waals surface area contributed by atoms with Gasteiger partial charge in [0.2, 0.25) is 0 Å². The Hall–Kier alpha value is -2.34. The lowest BCUT2D eigenvalue weighted by atomic mass is 10.3. The second-order valence-electron chi connectivity index (χ2n) is 3.94. The zero-order chi connectivity index (χ0) is 15.4. The maximum atomic E-state index is 13.4. The molecule has 0 spiro atoms. The lowest BCUT2D eigenvalue weighted by Crippen LogP contribution is -2.17. The number of carbonyl (C=O) groups excluding carboxylic acids is 1. The van der Waals surface area contributed by atoms with Gasteiger partial charge in [0.15, 0.2) is 5.75 Å². The molecule has 21 heavy (non-hydrogen) atoms. The summed E-state index contributed by atoms with van der Waals surface area (Å²) < 4.78 is 36.0. The van der Waals surface area contributed by atoms with Crippen LogP contribution in [0.2, 0.25) is 5.02 Å². The van der Waals surface area contributed by atoms with Crippen LogP contribution >= 0.6 is 11.6 Å². The number of methoxy groups -OCH3 is 1. The number of hydrogen-bond donors (Lipinski definition) is 1. The molecule has 110 valence electrons. The van der Waals surface area contributed by atoms with Gasteiger partial charge in [0, 0.05) is 12.1 Å². The monoisotopic (exact) mass is 313 g/mol. The number of hydrogen-bond acceptors (Lipinski definition) is 3. The summed E-state index contributed by atoms with van der Waals surface area (Å²) in [5, 5.41) is 2.31. The fourth-order valence-electron chi connectivity index (χ4n) is 1.52. The first-order valence-corrected chi connectivity index (χ1v) is 6.15. The van der Waals surface area contributed by atoms with Gasteiger partial charge in [0.1, 0.15) is 17.4 Å². The number of halogens is 3. The fraction of sp³-hybridized carbons (Fsp3) is 0.0714. The van der Waals surface area contributed by atoms with Crippen molar-refractivity contribution >= 4 is 23.4 Å². The number of benzene rings is 2. The van der Waals surface area contributed by atoms with Gasteiger partial charge < -0.3 is 9.47 Å². The first kappa shape index (κ1) is 15.1. The third-order valence-corrected chi connectivity index (χ3v) is 2.80. The molecule has 2 aromatic rings. The van der Waals surface area contributed by atoms with E-state index >= 15 is 0 Å². The van der Waals surface area contributed by atoms with Gasteiger partial charge in [-0.15, -0.1) is 0 Å². The minimum Gasteiger partial charge on any atom is -0.497 e. The molecule has 2 aromatic carbocycles. The van der Waals surface area contributed by atoms with Crippen LogP contribution in [0.15, 0.2) is 36.4 Å². The Balaban J connectivity index is 2.08. The Labute approximate surface area is 124 Å². The van der Waals surface area contributed by atoms with Gasteiger partial charge in [-0.1, -0.05) is 11.6 Å². The van der Waals surface area contributed by atoms with E-state index in [9.17, 15) is 13.6 Å². The molecule has 0 heterocycles. The molecule has 0 fully saturated rings. The van der Waals surface area contributed by atoms with Crippen molar-refractivity contribution in [3.05, 3.63) is 53.1 Å². The molecule has 0 atom stereocenters. The van der Waals surface area contributed by atoms with E-state index in [1.54, 1.807) is 6.07 Å². The van der Waals surface area contributed by atoms with Crippen LogP contribution in [0.25, 0.3) is 0 Å². The van der Waals surface area contributed by atoms with Crippen molar-refractivity contribution in [1.29, 1.82) is 0 Å². The van der Waals surface area contributed by atoms with Gasteiger partial charge in [0.05, 0.1) is 17.8 Å². The second kappa shape index (κ2) is 6.41. The summed E-state index contributed by atoms with van der Waals surface area (Å²) in [4.78, 5) is 11.6. The highest BCUT2D eigenvalue weighted by atomic mass is 35.5. The summed E-state index contributed by atoms with van der Waals surface area (Å²) in [6, 6.07) is 7.19. The Morgan fingerprint density at radius 3 is 2.57 bits per heavy atom. The topological polar surface area (TPSA) is 47.6 Å². The summed E-state index contributed by atoms with van der Waals surface area (Å²) in [5.41, 5.74) is -0.203. The second-order valence-corrected chi connectivity index (χ2v) is 4.34. The predicted molar refractivity (Wildman–Crippen MR) is 74.0 cm³/mol. The van der Waals surface area contributed by atoms with Crippen LogP contribution in [-0.4, -0.2) is 13.2 Å². The molecule has 0 bridgehead atoms. The fourth-order valence-corrected chi connectivity index (χ4v) is 1.73. The highest BCUT2D eigenvalue weighted by Crippen LogP contribution is 2.29. The van der Waals surface area contributed by atoms with Crippen molar-refractivity contribution in [3.63, 3.8) is 0 Å².